The predicted molar refractivity (Wildman–Crippen MR) is 54.8 cm³/mol. The highest BCUT2D eigenvalue weighted by Gasteiger charge is 2.53. The van der Waals surface area contributed by atoms with Crippen LogP contribution in [0.25, 0.3) is 0 Å². The molecule has 0 saturated heterocycles. The van der Waals surface area contributed by atoms with E-state index in [0.29, 0.717) is 5.92 Å². The second-order valence-electron chi connectivity index (χ2n) is 4.10. The number of aliphatic imine (C=N–C) groups is 1. The zero-order valence-electron chi connectivity index (χ0n) is 8.45. The topological polar surface area (TPSA) is 29.4 Å². The summed E-state index contributed by atoms with van der Waals surface area (Å²) in [4.78, 5) is 14.3. The summed E-state index contributed by atoms with van der Waals surface area (Å²) in [5, 5.41) is 0. The molecule has 14 heavy (non-hydrogen) atoms. The second-order valence-corrected chi connectivity index (χ2v) is 4.10. The first-order chi connectivity index (χ1) is 6.69. The zero-order chi connectivity index (χ0) is 10.2. The number of carbonyl (C=O) groups excluding carboxylic acids is 1. The third kappa shape index (κ3) is 1.28. The van der Waals surface area contributed by atoms with E-state index in [1.165, 1.54) is 5.56 Å². The van der Waals surface area contributed by atoms with Crippen LogP contribution in [-0.4, -0.2) is 6.08 Å². The van der Waals surface area contributed by atoms with Crippen molar-refractivity contribution in [1.82, 2.24) is 0 Å². The monoisotopic (exact) mass is 187 g/mol. The first kappa shape index (κ1) is 9.17. The van der Waals surface area contributed by atoms with Crippen molar-refractivity contribution in [1.29, 1.82) is 0 Å². The molecular formula is C12H13NO. The molecule has 2 unspecified atom stereocenters. The lowest BCUT2D eigenvalue weighted by Gasteiger charge is -2.09. The lowest BCUT2D eigenvalue weighted by Crippen LogP contribution is -2.05. The molecule has 0 spiro atoms. The number of aryl methyl sites for hydroxylation is 1. The molecule has 0 N–H and O–H groups in total. The summed E-state index contributed by atoms with van der Waals surface area (Å²) >= 11 is 0. The van der Waals surface area contributed by atoms with E-state index in [1.54, 1.807) is 6.08 Å². The van der Waals surface area contributed by atoms with Gasteiger partial charge in [-0.15, -0.1) is 0 Å². The maximum atomic E-state index is 10.4. The van der Waals surface area contributed by atoms with Crippen LogP contribution in [0.2, 0.25) is 0 Å². The van der Waals surface area contributed by atoms with Crippen molar-refractivity contribution in [2.24, 2.45) is 10.9 Å². The van der Waals surface area contributed by atoms with Gasteiger partial charge in [0.1, 0.15) is 5.54 Å². The van der Waals surface area contributed by atoms with E-state index < -0.39 is 0 Å². The van der Waals surface area contributed by atoms with Crippen LogP contribution in [0, 0.1) is 12.8 Å². The molecule has 2 rings (SSSR count). The van der Waals surface area contributed by atoms with Gasteiger partial charge in [0.25, 0.3) is 0 Å². The molecule has 2 heteroatoms. The zero-order valence-corrected chi connectivity index (χ0v) is 8.45. The van der Waals surface area contributed by atoms with Crippen LogP contribution in [0.1, 0.15) is 24.5 Å². The van der Waals surface area contributed by atoms with E-state index in [-0.39, 0.29) is 5.54 Å². The fraction of sp³-hybridized carbons (Fsp3) is 0.417. The van der Waals surface area contributed by atoms with E-state index in [9.17, 15) is 4.79 Å². The van der Waals surface area contributed by atoms with E-state index in [4.69, 9.17) is 0 Å². The van der Waals surface area contributed by atoms with Crippen LogP contribution in [0.3, 0.4) is 0 Å². The number of hydrogen-bond acceptors (Lipinski definition) is 2. The summed E-state index contributed by atoms with van der Waals surface area (Å²) in [5.41, 5.74) is 2.10. The lowest BCUT2D eigenvalue weighted by molar-refractivity contribution is 0.552. The second kappa shape index (κ2) is 3.07. The molecule has 0 bridgehead atoms. The molecule has 0 aliphatic heterocycles. The highest BCUT2D eigenvalue weighted by atomic mass is 16.1. The number of hydrogen-bond donors (Lipinski definition) is 0. The van der Waals surface area contributed by atoms with Crippen molar-refractivity contribution in [3.8, 4) is 0 Å². The molecule has 0 aromatic heterocycles. The summed E-state index contributed by atoms with van der Waals surface area (Å²) < 4.78 is 0. The highest BCUT2D eigenvalue weighted by Crippen LogP contribution is 2.54. The summed E-state index contributed by atoms with van der Waals surface area (Å²) in [5.74, 6) is 0.464. The van der Waals surface area contributed by atoms with Gasteiger partial charge >= 0.3 is 0 Å². The summed E-state index contributed by atoms with van der Waals surface area (Å²) in [6, 6.07) is 8.20. The van der Waals surface area contributed by atoms with Gasteiger partial charge in [0.2, 0.25) is 6.08 Å². The largest absolute Gasteiger partial charge is 0.235 e. The maximum Gasteiger partial charge on any atom is 0.235 e. The van der Waals surface area contributed by atoms with Crippen molar-refractivity contribution in [3.63, 3.8) is 0 Å². The van der Waals surface area contributed by atoms with Gasteiger partial charge in [0, 0.05) is 0 Å². The van der Waals surface area contributed by atoms with Crippen LogP contribution < -0.4 is 0 Å². The average Bonchev–Trinajstić information content (AvgIpc) is 2.79. The Morgan fingerprint density at radius 1 is 1.57 bits per heavy atom. The van der Waals surface area contributed by atoms with Gasteiger partial charge in [-0.3, -0.25) is 0 Å². The third-order valence-electron chi connectivity index (χ3n) is 3.04. The Hall–Kier alpha value is -1.40. The normalized spacial score (nSPS) is 29.4. The predicted octanol–water partition coefficient (Wildman–Crippen LogP) is 2.57. The minimum Gasteiger partial charge on any atom is -0.211 e. The van der Waals surface area contributed by atoms with E-state index in [0.717, 1.165) is 12.0 Å². The molecule has 1 aliphatic rings. The van der Waals surface area contributed by atoms with Crippen LogP contribution >= 0.6 is 0 Å². The van der Waals surface area contributed by atoms with Gasteiger partial charge < -0.3 is 0 Å². The van der Waals surface area contributed by atoms with Gasteiger partial charge in [-0.2, -0.15) is 4.99 Å². The Bertz CT molecular complexity index is 407. The lowest BCUT2D eigenvalue weighted by atomic mass is 10.0. The first-order valence-electron chi connectivity index (χ1n) is 4.85. The molecule has 1 aliphatic carbocycles. The summed E-state index contributed by atoms with van der Waals surface area (Å²) in [6.07, 6.45) is 2.66. The summed E-state index contributed by atoms with van der Waals surface area (Å²) in [6.45, 7) is 4.16. The van der Waals surface area contributed by atoms with Gasteiger partial charge in [-0.1, -0.05) is 36.8 Å². The maximum absolute atomic E-state index is 10.4. The van der Waals surface area contributed by atoms with Crippen LogP contribution in [-0.2, 0) is 10.3 Å². The Morgan fingerprint density at radius 2 is 2.29 bits per heavy atom. The Morgan fingerprint density at radius 3 is 2.79 bits per heavy atom. The van der Waals surface area contributed by atoms with Crippen molar-refractivity contribution in [2.75, 3.05) is 0 Å². The molecule has 1 saturated carbocycles. The quantitative estimate of drug-likeness (QED) is 0.517. The first-order valence-corrected chi connectivity index (χ1v) is 4.85. The highest BCUT2D eigenvalue weighted by molar-refractivity contribution is 5.43. The Kier molecular flexibility index (Phi) is 2.01. The molecule has 1 aromatic rings. The number of isocyanates is 1. The van der Waals surface area contributed by atoms with Crippen molar-refractivity contribution in [3.05, 3.63) is 35.4 Å². The number of rotatable bonds is 2. The number of benzene rings is 1. The van der Waals surface area contributed by atoms with Crippen molar-refractivity contribution >= 4 is 6.08 Å². The smallest absolute Gasteiger partial charge is 0.211 e. The molecule has 72 valence electrons. The Balaban J connectivity index is 2.43. The van der Waals surface area contributed by atoms with Crippen molar-refractivity contribution < 1.29 is 4.79 Å². The minimum atomic E-state index is -0.256. The van der Waals surface area contributed by atoms with Crippen LogP contribution in [0.15, 0.2) is 29.3 Å². The fourth-order valence-corrected chi connectivity index (χ4v) is 2.03. The SMILES string of the molecule is Cc1cccc(C2(N=C=O)CC2C)c1. The molecule has 0 radical (unpaired) electrons. The van der Waals surface area contributed by atoms with Gasteiger partial charge in [-0.05, 0) is 24.8 Å². The molecule has 1 fully saturated rings. The van der Waals surface area contributed by atoms with Crippen LogP contribution in [0.4, 0.5) is 0 Å². The molecule has 0 heterocycles. The standard InChI is InChI=1S/C12H13NO/c1-9-4-3-5-11(6-9)12(13-8-14)7-10(12)2/h3-6,10H,7H2,1-2H3. The molecule has 2 atom stereocenters. The minimum absolute atomic E-state index is 0.256. The van der Waals surface area contributed by atoms with E-state index in [1.807, 2.05) is 12.1 Å². The average molecular weight is 187 g/mol. The fourth-order valence-electron chi connectivity index (χ4n) is 2.03. The van der Waals surface area contributed by atoms with Gasteiger partial charge in [0.15, 0.2) is 0 Å². The van der Waals surface area contributed by atoms with Gasteiger partial charge in [0.05, 0.1) is 0 Å². The van der Waals surface area contributed by atoms with Crippen molar-refractivity contribution in [2.45, 2.75) is 25.8 Å². The van der Waals surface area contributed by atoms with E-state index in [2.05, 4.69) is 31.0 Å². The third-order valence-corrected chi connectivity index (χ3v) is 3.04. The molecule has 2 nitrogen and oxygen atoms in total. The summed E-state index contributed by atoms with van der Waals surface area (Å²) in [7, 11) is 0. The number of nitrogens with zero attached hydrogens (tertiary/aromatic N) is 1. The molecular weight excluding hydrogens is 174 g/mol. The molecule has 1 aromatic carbocycles. The van der Waals surface area contributed by atoms with Gasteiger partial charge in [-0.25, -0.2) is 4.79 Å². The van der Waals surface area contributed by atoms with E-state index >= 15 is 0 Å². The van der Waals surface area contributed by atoms with Crippen LogP contribution in [0.5, 0.6) is 0 Å². The Labute approximate surface area is 83.7 Å². The molecule has 0 amide bonds.